The smallest absolute Gasteiger partial charge is 0.790 e. The van der Waals surface area contributed by atoms with Crippen molar-refractivity contribution in [3.8, 4) is 0 Å². The van der Waals surface area contributed by atoms with Crippen LogP contribution in [0.4, 0.5) is 5.82 Å². The predicted molar refractivity (Wildman–Crippen MR) is 238 cm³/mol. The maximum absolute atomic E-state index is 12.6. The Morgan fingerprint density at radius 1 is 0.873 bits per heavy atom. The number of fused-ring (bicyclic) bond motifs is 1. The van der Waals surface area contributed by atoms with Crippen molar-refractivity contribution in [1.29, 1.82) is 0 Å². The van der Waals surface area contributed by atoms with E-state index >= 15 is 0 Å². The number of nitrogens with two attached hydrogens (primary N) is 1. The first-order valence-corrected chi connectivity index (χ1v) is 27.5. The van der Waals surface area contributed by atoms with Crippen LogP contribution in [0.25, 0.3) is 11.2 Å². The zero-order valence-corrected chi connectivity index (χ0v) is 45.5. The number of nitrogens with one attached hydrogen (secondary N) is 2. The third-order valence-corrected chi connectivity index (χ3v) is 14.3. The molecule has 2 amide bonds. The second kappa shape index (κ2) is 36.7. The fraction of sp³-hybridized carbons (Fsp3) is 0.744. The summed E-state index contributed by atoms with van der Waals surface area (Å²) in [6.45, 7) is 2.39. The second-order valence-corrected chi connectivity index (χ2v) is 21.8. The van der Waals surface area contributed by atoms with Crippen LogP contribution in [0.5, 0.6) is 0 Å². The van der Waals surface area contributed by atoms with Gasteiger partial charge in [-0.1, -0.05) is 96.1 Å². The molecule has 3 heterocycles. The van der Waals surface area contributed by atoms with Crippen molar-refractivity contribution < 1.29 is 156 Å². The average Bonchev–Trinajstić information content (AvgIpc) is 3.81. The number of aliphatic hydroxyl groups is 2. The number of carbonyl (C=O) groups excluding carboxylic acids is 3. The number of nitrogens with zero attached hydrogens (tertiary/aromatic N) is 4. The number of hydrogen-bond acceptors (Lipinski definition) is 22. The first-order valence-electron chi connectivity index (χ1n) is 22.2. The number of phosphoric ester groups is 3. The van der Waals surface area contributed by atoms with Crippen molar-refractivity contribution in [2.45, 2.75) is 148 Å². The fourth-order valence-corrected chi connectivity index (χ4v) is 10.1. The largest absolute Gasteiger partial charge is 1.00 e. The average molecular weight is 1060 g/mol. The Hall–Kier alpha value is -0.310. The molecule has 3 rings (SSSR count). The molecule has 0 bridgehead atoms. The van der Waals surface area contributed by atoms with Gasteiger partial charge in [-0.3, -0.25) is 28.1 Å². The van der Waals surface area contributed by atoms with Crippen molar-refractivity contribution in [3.63, 3.8) is 0 Å². The van der Waals surface area contributed by atoms with Crippen LogP contribution in [0.3, 0.4) is 0 Å². The summed E-state index contributed by atoms with van der Waals surface area (Å²) in [5.41, 5.74) is 4.09. The Bertz CT molecular complexity index is 2070. The first-order chi connectivity index (χ1) is 31.6. The molecule has 1 fully saturated rings. The molecule has 2 aromatic rings. The van der Waals surface area contributed by atoms with Gasteiger partial charge in [-0.15, -0.1) is 0 Å². The van der Waals surface area contributed by atoms with Gasteiger partial charge in [0, 0.05) is 37.1 Å². The zero-order chi connectivity index (χ0) is 49.7. The van der Waals surface area contributed by atoms with Gasteiger partial charge in [-0.05, 0) is 32.1 Å². The molecule has 0 radical (unpaired) electrons. The second-order valence-electron chi connectivity index (χ2n) is 16.5. The van der Waals surface area contributed by atoms with Crippen LogP contribution in [0.2, 0.25) is 0 Å². The number of nitrogen functional groups attached to an aromatic ring is 1. The van der Waals surface area contributed by atoms with Gasteiger partial charge in [0.1, 0.15) is 36.3 Å². The van der Waals surface area contributed by atoms with Crippen molar-refractivity contribution >= 4 is 69.1 Å². The van der Waals surface area contributed by atoms with Gasteiger partial charge in [0.05, 0.1) is 27.4 Å². The van der Waals surface area contributed by atoms with E-state index in [1.807, 2.05) is 0 Å². The van der Waals surface area contributed by atoms with E-state index in [0.29, 0.717) is 12.2 Å². The Balaban J connectivity index is 0. The van der Waals surface area contributed by atoms with Gasteiger partial charge in [0.15, 0.2) is 22.8 Å². The Kier molecular flexibility index (Phi) is 37.6. The van der Waals surface area contributed by atoms with E-state index in [0.717, 1.165) is 73.9 Å². The van der Waals surface area contributed by atoms with Crippen LogP contribution in [0.1, 0.15) is 123 Å². The molecule has 71 heavy (non-hydrogen) atoms. The summed E-state index contributed by atoms with van der Waals surface area (Å²) >= 11 is 1.14. The maximum Gasteiger partial charge on any atom is 1.00 e. The summed E-state index contributed by atoms with van der Waals surface area (Å²) in [6.07, 6.45) is 12.7. The van der Waals surface area contributed by atoms with E-state index in [9.17, 15) is 57.9 Å². The van der Waals surface area contributed by atoms with Crippen molar-refractivity contribution in [3.05, 3.63) is 24.8 Å². The molecule has 1 aliphatic heterocycles. The fourth-order valence-electron chi connectivity index (χ4n) is 6.68. The minimum atomic E-state index is -5.92. The molecule has 1 aliphatic rings. The number of unbranched alkanes of at least 4 members (excludes halogenated alkanes) is 11. The Morgan fingerprint density at radius 3 is 2.08 bits per heavy atom. The quantitative estimate of drug-likeness (QED) is 0.0188. The molecule has 7 atom stereocenters. The van der Waals surface area contributed by atoms with E-state index in [2.05, 4.69) is 62.5 Å². The standard InChI is InChI=1S/C39H68N7O17P3S.4Li/c1-4-5-6-7-8-9-10-11-12-13-14-15-16-17-18-19-30(48)67-23-22-41-29(47)20-21-42-37(51)34(50)39(2,3)25-60-66(57,58)63-65(55,56)59-24-28-33(62-64(52,53)54)32(49)38(61-28)46-27-45-31-35(40)43-26-44-36(31)46;;;;/h11-12,26-28,32-34,38,49-50H,4-10,13-25H2,1-3H3,(H,41,47)(H,42,51)(H,55,56)(H,57,58)(H2,40,43,44)(H2,52,53,54);;;;/q;4*+1/p-4/b12-11-;;;;/t28-,32-,33-,34+,38-;;;;/m1..../s1. The van der Waals surface area contributed by atoms with Crippen LogP contribution in [-0.2, 0) is 50.7 Å². The molecule has 32 heteroatoms. The number of anilines is 1. The number of allylic oxidation sites excluding steroid dienone is 2. The molecule has 24 nitrogen and oxygen atoms in total. The predicted octanol–water partition coefficient (Wildman–Crippen LogP) is -9.81. The van der Waals surface area contributed by atoms with Gasteiger partial charge >= 0.3 is 75.4 Å². The number of rotatable bonds is 34. The summed E-state index contributed by atoms with van der Waals surface area (Å²) in [7, 11) is -17.6. The third-order valence-electron chi connectivity index (χ3n) is 10.4. The molecule has 2 aromatic heterocycles. The van der Waals surface area contributed by atoms with E-state index in [4.69, 9.17) is 10.5 Å². The van der Waals surface area contributed by atoms with Crippen LogP contribution in [0, 0.1) is 5.41 Å². The third kappa shape index (κ3) is 28.1. The topological polar surface area (TPSA) is 375 Å². The summed E-state index contributed by atoms with van der Waals surface area (Å²) in [6, 6.07) is 0. The summed E-state index contributed by atoms with van der Waals surface area (Å²) < 4.78 is 60.8. The van der Waals surface area contributed by atoms with E-state index in [-0.39, 0.29) is 117 Å². The minimum absolute atomic E-state index is 0. The normalized spacial score (nSPS) is 19.1. The van der Waals surface area contributed by atoms with Crippen LogP contribution in [0.15, 0.2) is 24.8 Å². The number of hydrogen-bond donors (Lipinski definition) is 5. The van der Waals surface area contributed by atoms with Crippen LogP contribution in [-0.4, -0.2) is 103 Å². The molecule has 6 N–H and O–H groups in total. The van der Waals surface area contributed by atoms with Gasteiger partial charge < -0.3 is 69.0 Å². The number of aliphatic hydroxyl groups excluding tert-OH is 2. The summed E-state index contributed by atoms with van der Waals surface area (Å²) in [5.74, 6) is -1.14. The molecule has 0 saturated carbocycles. The van der Waals surface area contributed by atoms with Crippen molar-refractivity contribution in [1.82, 2.24) is 30.2 Å². The van der Waals surface area contributed by atoms with E-state index in [1.165, 1.54) is 52.4 Å². The number of ether oxygens (including phenoxy) is 1. The number of aromatic nitrogens is 4. The number of thioether (sulfide) groups is 1. The van der Waals surface area contributed by atoms with Gasteiger partial charge in [0.2, 0.25) is 11.8 Å². The van der Waals surface area contributed by atoms with Crippen LogP contribution >= 0.6 is 35.2 Å². The van der Waals surface area contributed by atoms with Crippen LogP contribution < -0.4 is 111 Å². The number of carbonyl (C=O) groups is 3. The van der Waals surface area contributed by atoms with Crippen molar-refractivity contribution in [2.75, 3.05) is 37.8 Å². The summed E-state index contributed by atoms with van der Waals surface area (Å²) in [5, 5.41) is 26.5. The number of phosphoric acid groups is 3. The first kappa shape index (κ1) is 72.8. The van der Waals surface area contributed by atoms with E-state index in [1.54, 1.807) is 0 Å². The minimum Gasteiger partial charge on any atom is -0.790 e. The Labute approximate surface area is 467 Å². The van der Waals surface area contributed by atoms with Gasteiger partial charge in [-0.2, -0.15) is 0 Å². The molecule has 1 saturated heterocycles. The Morgan fingerprint density at radius 2 is 1.46 bits per heavy atom. The zero-order valence-electron chi connectivity index (χ0n) is 42.0. The molecular weight excluding hydrogens is 991 g/mol. The molecule has 2 unspecified atom stereocenters. The number of amides is 2. The molecule has 0 spiro atoms. The van der Waals surface area contributed by atoms with Crippen molar-refractivity contribution in [2.24, 2.45) is 5.41 Å². The van der Waals surface area contributed by atoms with Gasteiger partial charge in [0.25, 0.3) is 15.6 Å². The summed E-state index contributed by atoms with van der Waals surface area (Å²) in [4.78, 5) is 96.8. The van der Waals surface area contributed by atoms with E-state index < -0.39 is 84.6 Å². The molecule has 0 aromatic carbocycles. The molecule has 382 valence electrons. The number of imidazole rings is 1. The molecule has 0 aliphatic carbocycles. The SMILES string of the molecule is CCCCCCCC/C=C\CCCCCCCC(=O)SCCNC(=O)CCNC(=O)[C@H](O)C(C)(C)COP(=O)([O-])OP(=O)([O-])OC[C@H]1O[C@@H](n2cnc3c(N)ncnc32)[C@H](O)[C@@H]1OP(=O)([O-])[O-].[Li+].[Li+].[Li+].[Li+]. The van der Waals surface area contributed by atoms with Gasteiger partial charge in [-0.25, -0.2) is 19.3 Å². The monoisotopic (exact) mass is 1060 g/mol. The maximum atomic E-state index is 12.6. The molecular formula is C39H64Li4N7O17P3S.